The van der Waals surface area contributed by atoms with Crippen molar-refractivity contribution in [1.29, 1.82) is 0 Å². The minimum Gasteiger partial charge on any atom is -0.469 e. The average molecular weight is 1380 g/mol. The minimum atomic E-state index is -3.30. The highest BCUT2D eigenvalue weighted by atomic mass is 28.5. The van der Waals surface area contributed by atoms with Gasteiger partial charge >= 0.3 is 54.7 Å². The lowest BCUT2D eigenvalue weighted by atomic mass is 10.1. The molecular formula is C61H142O14Si10. The summed E-state index contributed by atoms with van der Waals surface area (Å²) >= 11 is 0. The van der Waals surface area contributed by atoms with Gasteiger partial charge in [0.1, 0.15) is 0 Å². The Morgan fingerprint density at radius 1 is 0.435 bits per heavy atom. The van der Waals surface area contributed by atoms with Gasteiger partial charge in [-0.2, -0.15) is 0 Å². The molecule has 0 aliphatic rings. The molecule has 0 fully saturated rings. The summed E-state index contributed by atoms with van der Waals surface area (Å²) in [4.78, 5) is 24.4. The van der Waals surface area contributed by atoms with Crippen molar-refractivity contribution >= 4 is 97.3 Å². The lowest BCUT2D eigenvalue weighted by Crippen LogP contribution is -2.64. The molecule has 24 heteroatoms. The molecule has 0 amide bonds. The number of esters is 2. The van der Waals surface area contributed by atoms with Gasteiger partial charge in [-0.05, 0) is 188 Å². The molecule has 0 aromatic heterocycles. The van der Waals surface area contributed by atoms with Crippen molar-refractivity contribution in [2.75, 3.05) is 40.6 Å². The number of carbonyl (C=O) groups is 2. The third kappa shape index (κ3) is 62.8. The largest absolute Gasteiger partial charge is 0.469 e. The second-order valence-electron chi connectivity index (χ2n) is 28.2. The maximum atomic E-state index is 13.7. The van der Waals surface area contributed by atoms with Crippen molar-refractivity contribution in [2.45, 2.75) is 318 Å². The molecule has 4 atom stereocenters. The van der Waals surface area contributed by atoms with E-state index in [0.717, 1.165) is 64.2 Å². The van der Waals surface area contributed by atoms with Crippen molar-refractivity contribution in [2.24, 2.45) is 0 Å². The fourth-order valence-electron chi connectivity index (χ4n) is 10.0. The van der Waals surface area contributed by atoms with Crippen LogP contribution < -0.4 is 0 Å². The van der Waals surface area contributed by atoms with Crippen LogP contribution in [0.1, 0.15) is 168 Å². The lowest BCUT2D eigenvalue weighted by Gasteiger charge is -2.47. The normalized spacial score (nSPS) is 14.7. The molecule has 0 spiro atoms. The van der Waals surface area contributed by atoms with E-state index in [9.17, 15) is 9.59 Å². The maximum absolute atomic E-state index is 13.7. The molecule has 14 nitrogen and oxygen atoms in total. The van der Waals surface area contributed by atoms with Crippen LogP contribution in [0.2, 0.25) is 149 Å². The van der Waals surface area contributed by atoms with Crippen LogP contribution in [0.3, 0.4) is 0 Å². The van der Waals surface area contributed by atoms with Crippen molar-refractivity contribution < 1.29 is 61.5 Å². The molecule has 0 rings (SSSR count). The van der Waals surface area contributed by atoms with Gasteiger partial charge in [-0.1, -0.05) is 129 Å². The molecule has 0 N–H and O–H groups in total. The van der Waals surface area contributed by atoms with Crippen LogP contribution in [0, 0.1) is 0 Å². The molecule has 0 aliphatic heterocycles. The van der Waals surface area contributed by atoms with Gasteiger partial charge < -0.3 is 51.9 Å². The topological polar surface area (TPSA) is 145 Å². The highest BCUT2D eigenvalue weighted by molar-refractivity contribution is 6.93. The molecule has 1 unspecified atom stereocenters. The monoisotopic (exact) mass is 1380 g/mol. The standard InChI is InChI=1S/C32H76O8Si6.C12H22O2.C9H28O3Si4.C8H16O/c1-16-18-20-21-22-23-24-27-31(32(33)34-3)46(15,39-44(12,13)37-42(7,8)9)40-45(14,30-26-29-35-28-25-19-17-2)38-43(10,11)36-41(4,5)6;1-3-4-5-6-7-8-9-10-11-12(13)14-2;1-13(10-14(2,3)4)11-16(8,9)12-15(5,6)7;1-3-5-6-8-9-7-4-2/h31H,16-30H2,1-15H3;3H,1,4-11H2,2H3;13H,1-9H3;4H,2-3,5-8H2,1H3/t31?,45-,46+;;13-;/m0.1./s1. The minimum absolute atomic E-state index is 0.0864. The third-order valence-electron chi connectivity index (χ3n) is 12.4. The van der Waals surface area contributed by atoms with E-state index in [0.29, 0.717) is 26.1 Å². The van der Waals surface area contributed by atoms with Gasteiger partial charge in [-0.25, -0.2) is 0 Å². The highest BCUT2D eigenvalue weighted by Crippen LogP contribution is 2.39. The Labute approximate surface area is 538 Å². The van der Waals surface area contributed by atoms with Crippen LogP contribution >= 0.6 is 0 Å². The Kier molecular flexibility index (Phi) is 53.6. The van der Waals surface area contributed by atoms with Crippen molar-refractivity contribution in [1.82, 2.24) is 0 Å². The summed E-state index contributed by atoms with van der Waals surface area (Å²) in [6.45, 7) is 62.3. The van der Waals surface area contributed by atoms with Crippen molar-refractivity contribution in [3.8, 4) is 0 Å². The number of unbranched alkanes of at least 4 members (excludes halogenated alkanes) is 16. The molecule has 0 saturated carbocycles. The third-order valence-corrected chi connectivity index (χ3v) is 47.1. The highest BCUT2D eigenvalue weighted by Gasteiger charge is 2.56. The van der Waals surface area contributed by atoms with E-state index in [1.165, 1.54) is 104 Å². The molecular weight excluding hydrogens is 1240 g/mol. The van der Waals surface area contributed by atoms with E-state index in [-0.39, 0.29) is 11.9 Å². The summed E-state index contributed by atoms with van der Waals surface area (Å²) in [6.07, 6.45) is 29.5. The SMILES string of the molecule is C=CCCCCCCCCC(=O)OC.C=CCOCCCCC.CCCCCCCCCC(C(=O)OC)[Si@](C)(O[Si](C)(C)O[Si](C)(C)C)O[Si@@](C)(CCCOCCCCC)O[Si](C)(C)O[Si](C)(C)C.C[Si@H](O[Si](C)(C)C)O[Si](C)(C)O[Si](C)(C)C. The summed E-state index contributed by atoms with van der Waals surface area (Å²) in [5.74, 6) is -0.333. The lowest BCUT2D eigenvalue weighted by molar-refractivity contribution is -0.142. The van der Waals surface area contributed by atoms with Gasteiger partial charge in [0, 0.05) is 26.2 Å². The molecule has 0 aromatic carbocycles. The molecule has 0 aromatic rings. The first-order valence-electron chi connectivity index (χ1n) is 33.1. The van der Waals surface area contributed by atoms with Crippen LogP contribution in [-0.2, 0) is 61.5 Å². The first-order chi connectivity index (χ1) is 39.1. The number of rotatable bonds is 49. The smallest absolute Gasteiger partial charge is 0.331 e. The van der Waals surface area contributed by atoms with Crippen LogP contribution in [0.4, 0.5) is 0 Å². The predicted molar refractivity (Wildman–Crippen MR) is 389 cm³/mol. The Morgan fingerprint density at radius 3 is 1.31 bits per heavy atom. The van der Waals surface area contributed by atoms with Crippen molar-refractivity contribution in [3.63, 3.8) is 0 Å². The Bertz CT molecular complexity index is 1660. The second kappa shape index (κ2) is 49.8. The summed E-state index contributed by atoms with van der Waals surface area (Å²) in [5, 5.41) is 0. The van der Waals surface area contributed by atoms with E-state index in [2.05, 4.69) is 176 Å². The molecule has 0 saturated heterocycles. The Morgan fingerprint density at radius 2 is 0.859 bits per heavy atom. The number of carbonyl (C=O) groups excluding carboxylic acids is 2. The zero-order chi connectivity index (χ0) is 66.5. The molecule has 0 heterocycles. The first-order valence-corrected chi connectivity index (χ1v) is 62.2. The molecule has 0 radical (unpaired) electrons. The summed E-state index contributed by atoms with van der Waals surface area (Å²) < 4.78 is 74.5. The summed E-state index contributed by atoms with van der Waals surface area (Å²) in [6, 6.07) is 0.737. The van der Waals surface area contributed by atoms with E-state index >= 15 is 0 Å². The van der Waals surface area contributed by atoms with Gasteiger partial charge in [0.05, 0.1) is 26.4 Å². The van der Waals surface area contributed by atoms with E-state index in [1.54, 1.807) is 6.08 Å². The van der Waals surface area contributed by atoms with E-state index in [4.69, 9.17) is 47.1 Å². The summed E-state index contributed by atoms with van der Waals surface area (Å²) in [5.41, 5.74) is -0.478. The number of allylic oxidation sites excluding steroid dienone is 1. The van der Waals surface area contributed by atoms with E-state index in [1.807, 2.05) is 6.08 Å². The molecule has 0 aliphatic carbocycles. The zero-order valence-corrected chi connectivity index (χ0v) is 70.9. The van der Waals surface area contributed by atoms with Gasteiger partial charge in [0.15, 0.2) is 33.3 Å². The van der Waals surface area contributed by atoms with Gasteiger partial charge in [0.25, 0.3) is 9.28 Å². The van der Waals surface area contributed by atoms with E-state index < -0.39 is 90.9 Å². The second-order valence-corrected chi connectivity index (χ2v) is 66.9. The van der Waals surface area contributed by atoms with Crippen LogP contribution in [0.15, 0.2) is 25.3 Å². The number of hydrogen-bond acceptors (Lipinski definition) is 14. The first kappa shape index (κ1) is 91.6. The molecule has 85 heavy (non-hydrogen) atoms. The van der Waals surface area contributed by atoms with Crippen LogP contribution in [-0.4, -0.2) is 138 Å². The fourth-order valence-corrected chi connectivity index (χ4v) is 53.8. The van der Waals surface area contributed by atoms with Gasteiger partial charge in [0.2, 0.25) is 0 Å². The molecule has 0 bridgehead atoms. The van der Waals surface area contributed by atoms with Gasteiger partial charge in [-0.3, -0.25) is 9.59 Å². The van der Waals surface area contributed by atoms with Crippen LogP contribution in [0.5, 0.6) is 0 Å². The van der Waals surface area contributed by atoms with Gasteiger partial charge in [-0.15, -0.1) is 13.2 Å². The van der Waals surface area contributed by atoms with Crippen LogP contribution in [0.25, 0.3) is 0 Å². The maximum Gasteiger partial charge on any atom is 0.331 e. The number of hydrogen-bond donors (Lipinski definition) is 0. The Hall–Kier alpha value is 0.189. The quantitative estimate of drug-likeness (QED) is 0.0246. The fraction of sp³-hybridized carbons (Fsp3) is 0.902. The number of ether oxygens (including phenoxy) is 4. The number of methoxy groups -OCH3 is 2. The average Bonchev–Trinajstić information content (AvgIpc) is 2.62. The predicted octanol–water partition coefficient (Wildman–Crippen LogP) is 19.7. The Balaban J connectivity index is -0.000000672. The van der Waals surface area contributed by atoms with Crippen molar-refractivity contribution in [3.05, 3.63) is 25.3 Å². The zero-order valence-electron chi connectivity index (χ0n) is 60.7. The molecule has 510 valence electrons. The summed E-state index contributed by atoms with van der Waals surface area (Å²) in [7, 11) is -18.9.